The number of carbonyl (C=O) groups is 1. The summed E-state index contributed by atoms with van der Waals surface area (Å²) in [5.74, 6) is 2.28. The molecule has 2 N–H and O–H groups in total. The zero-order valence-corrected chi connectivity index (χ0v) is 21.6. The van der Waals surface area contributed by atoms with E-state index in [1.165, 1.54) is 0 Å². The molecule has 3 aromatic rings. The second-order valence-corrected chi connectivity index (χ2v) is 10.9. The molecule has 0 amide bonds. The van der Waals surface area contributed by atoms with Gasteiger partial charge < -0.3 is 29.2 Å². The molecule has 9 nitrogen and oxygen atoms in total. The number of anilines is 1. The maximum atomic E-state index is 12.9. The molecule has 0 spiro atoms. The highest BCUT2D eigenvalue weighted by Gasteiger charge is 2.55. The quantitative estimate of drug-likeness (QED) is 0.441. The minimum Gasteiger partial charge on any atom is -0.493 e. The Labute approximate surface area is 216 Å². The molecule has 2 heterocycles. The van der Waals surface area contributed by atoms with Crippen LogP contribution in [-0.2, 0) is 11.3 Å². The summed E-state index contributed by atoms with van der Waals surface area (Å²) < 4.78 is 18.2. The summed E-state index contributed by atoms with van der Waals surface area (Å²) in [7, 11) is 3.23. The molecular formula is C28H34N4O5. The van der Waals surface area contributed by atoms with E-state index in [4.69, 9.17) is 19.2 Å². The summed E-state index contributed by atoms with van der Waals surface area (Å²) in [6.07, 6.45) is 8.15. The number of fused-ring (bicyclic) bond motifs is 1. The molecule has 4 bridgehead atoms. The van der Waals surface area contributed by atoms with Gasteiger partial charge in [-0.15, -0.1) is 0 Å². The average Bonchev–Trinajstić information content (AvgIpc) is 3.28. The second kappa shape index (κ2) is 9.20. The predicted octanol–water partition coefficient (Wildman–Crippen LogP) is 4.03. The molecule has 196 valence electrons. The molecule has 4 saturated carbocycles. The summed E-state index contributed by atoms with van der Waals surface area (Å²) in [6, 6.07) is 5.99. The van der Waals surface area contributed by atoms with E-state index in [1.807, 2.05) is 22.8 Å². The Hall–Kier alpha value is -3.33. The minimum absolute atomic E-state index is 0.187. The minimum atomic E-state index is -0.521. The van der Waals surface area contributed by atoms with E-state index < -0.39 is 11.6 Å². The van der Waals surface area contributed by atoms with E-state index in [0.29, 0.717) is 58.2 Å². The third kappa shape index (κ3) is 4.19. The molecule has 0 saturated heterocycles. The topological polar surface area (TPSA) is 108 Å². The van der Waals surface area contributed by atoms with Gasteiger partial charge in [0.25, 0.3) is 0 Å². The van der Waals surface area contributed by atoms with Crippen molar-refractivity contribution < 1.29 is 24.1 Å². The first-order chi connectivity index (χ1) is 17.9. The van der Waals surface area contributed by atoms with E-state index in [2.05, 4.69) is 10.3 Å². The summed E-state index contributed by atoms with van der Waals surface area (Å²) in [5, 5.41) is 14.8. The van der Waals surface area contributed by atoms with Crippen LogP contribution >= 0.6 is 0 Å². The summed E-state index contributed by atoms with van der Waals surface area (Å²) in [5.41, 5.74) is 2.91. The molecule has 7 rings (SSSR count). The van der Waals surface area contributed by atoms with Gasteiger partial charge in [0, 0.05) is 12.2 Å². The zero-order chi connectivity index (χ0) is 25.7. The first kappa shape index (κ1) is 24.0. The molecule has 9 heteroatoms. The molecule has 4 fully saturated rings. The fourth-order valence-electron chi connectivity index (χ4n) is 7.19. The van der Waals surface area contributed by atoms with Crippen molar-refractivity contribution in [1.29, 1.82) is 0 Å². The number of pyridine rings is 1. The van der Waals surface area contributed by atoms with Crippen LogP contribution in [0.25, 0.3) is 11.2 Å². The number of imidazole rings is 1. The summed E-state index contributed by atoms with van der Waals surface area (Å²) in [4.78, 5) is 22.3. The number of nitrogens with zero attached hydrogens (tertiary/aromatic N) is 3. The van der Waals surface area contributed by atoms with Crippen LogP contribution in [0, 0.1) is 17.8 Å². The number of aromatic nitrogens is 3. The van der Waals surface area contributed by atoms with Gasteiger partial charge in [0.15, 0.2) is 17.1 Å². The van der Waals surface area contributed by atoms with E-state index >= 15 is 0 Å². The largest absolute Gasteiger partial charge is 0.493 e. The Morgan fingerprint density at radius 3 is 2.57 bits per heavy atom. The van der Waals surface area contributed by atoms with E-state index in [-0.39, 0.29) is 12.6 Å². The number of benzene rings is 1. The molecule has 5 atom stereocenters. The highest BCUT2D eigenvalue weighted by molar-refractivity contribution is 6.03. The van der Waals surface area contributed by atoms with E-state index in [1.54, 1.807) is 33.7 Å². The molecule has 4 aliphatic rings. The third-order valence-corrected chi connectivity index (χ3v) is 8.48. The van der Waals surface area contributed by atoms with Gasteiger partial charge in [-0.2, -0.15) is 0 Å². The molecule has 0 radical (unpaired) electrons. The van der Waals surface area contributed by atoms with Crippen molar-refractivity contribution in [2.75, 3.05) is 26.1 Å². The van der Waals surface area contributed by atoms with Gasteiger partial charge in [-0.1, -0.05) is 6.07 Å². The van der Waals surface area contributed by atoms with Gasteiger partial charge >= 0.3 is 5.97 Å². The number of carbonyl (C=O) groups excluding carboxylic acids is 1. The molecule has 2 aromatic heterocycles. The maximum absolute atomic E-state index is 12.9. The molecule has 1 unspecified atom stereocenters. The Kier molecular flexibility index (Phi) is 5.98. The lowest BCUT2D eigenvalue weighted by atomic mass is 9.52. The van der Waals surface area contributed by atoms with Crippen molar-refractivity contribution in [1.82, 2.24) is 14.5 Å². The highest BCUT2D eigenvalue weighted by atomic mass is 16.5. The normalized spacial score (nSPS) is 27.9. The Balaban J connectivity index is 1.36. The van der Waals surface area contributed by atoms with Crippen LogP contribution in [0.4, 0.5) is 5.69 Å². The lowest BCUT2D eigenvalue weighted by molar-refractivity contribution is -0.129. The Morgan fingerprint density at radius 2 is 1.89 bits per heavy atom. The number of aliphatic hydroxyl groups is 1. The molecule has 0 aliphatic heterocycles. The smallest absolute Gasteiger partial charge is 0.341 e. The molecule has 37 heavy (non-hydrogen) atoms. The molecule has 4 aliphatic carbocycles. The second-order valence-electron chi connectivity index (χ2n) is 10.9. The number of hydrogen-bond donors (Lipinski definition) is 2. The van der Waals surface area contributed by atoms with E-state index in [9.17, 15) is 9.90 Å². The van der Waals surface area contributed by atoms with Crippen molar-refractivity contribution in [2.45, 2.75) is 57.2 Å². The van der Waals surface area contributed by atoms with Crippen molar-refractivity contribution in [2.24, 2.45) is 17.8 Å². The van der Waals surface area contributed by atoms with Crippen LogP contribution in [0.5, 0.6) is 11.5 Å². The summed E-state index contributed by atoms with van der Waals surface area (Å²) >= 11 is 0. The number of rotatable bonds is 8. The van der Waals surface area contributed by atoms with Crippen molar-refractivity contribution >= 4 is 22.8 Å². The molecular weight excluding hydrogens is 472 g/mol. The van der Waals surface area contributed by atoms with Crippen molar-refractivity contribution in [3.63, 3.8) is 0 Å². The standard InChI is InChI=1S/C28H34N4O5/c1-4-37-27(33)20-13-29-26-25(30-15-32(26)14-16-5-6-21(35-2)22(9-16)36-3)24(20)31-23-18-7-17-8-19(23)12-28(34,10-17)11-18/h5-6,9,13,15,17-19,23,34H,4,7-8,10-12,14H2,1-3H3,(H,29,31)/t17?,18-,19+,23+,28-. The summed E-state index contributed by atoms with van der Waals surface area (Å²) in [6.45, 7) is 2.62. The van der Waals surface area contributed by atoms with Crippen LogP contribution in [0.2, 0.25) is 0 Å². The maximum Gasteiger partial charge on any atom is 0.341 e. The predicted molar refractivity (Wildman–Crippen MR) is 138 cm³/mol. The fraction of sp³-hybridized carbons (Fsp3) is 0.536. The van der Waals surface area contributed by atoms with Crippen LogP contribution in [-0.4, -0.2) is 58.1 Å². The number of esters is 1. The number of nitrogens with one attached hydrogen (secondary N) is 1. The Morgan fingerprint density at radius 1 is 1.14 bits per heavy atom. The van der Waals surface area contributed by atoms with Gasteiger partial charge in [-0.3, -0.25) is 0 Å². The van der Waals surface area contributed by atoms with Crippen LogP contribution in [0.3, 0.4) is 0 Å². The van der Waals surface area contributed by atoms with Gasteiger partial charge in [-0.05, 0) is 74.5 Å². The van der Waals surface area contributed by atoms with Crippen molar-refractivity contribution in [3.8, 4) is 11.5 Å². The lowest BCUT2D eigenvalue weighted by Crippen LogP contribution is -2.59. The zero-order valence-electron chi connectivity index (χ0n) is 21.6. The first-order valence-electron chi connectivity index (χ1n) is 13.1. The Bertz CT molecular complexity index is 1320. The van der Waals surface area contributed by atoms with E-state index in [0.717, 1.165) is 37.7 Å². The third-order valence-electron chi connectivity index (χ3n) is 8.48. The van der Waals surface area contributed by atoms with Crippen molar-refractivity contribution in [3.05, 3.63) is 41.9 Å². The molecule has 1 aromatic carbocycles. The van der Waals surface area contributed by atoms with Crippen LogP contribution in [0.1, 0.15) is 54.9 Å². The van der Waals surface area contributed by atoms with Gasteiger partial charge in [0.2, 0.25) is 0 Å². The van der Waals surface area contributed by atoms with Crippen LogP contribution < -0.4 is 14.8 Å². The van der Waals surface area contributed by atoms with Crippen LogP contribution in [0.15, 0.2) is 30.7 Å². The number of hydrogen-bond acceptors (Lipinski definition) is 8. The van der Waals surface area contributed by atoms with Gasteiger partial charge in [0.05, 0.1) is 45.0 Å². The average molecular weight is 507 g/mol. The number of methoxy groups -OCH3 is 2. The monoisotopic (exact) mass is 506 g/mol. The lowest BCUT2D eigenvalue weighted by Gasteiger charge is -2.58. The van der Waals surface area contributed by atoms with Gasteiger partial charge in [0.1, 0.15) is 11.1 Å². The highest BCUT2D eigenvalue weighted by Crippen LogP contribution is 2.56. The number of ether oxygens (including phenoxy) is 3. The van der Waals surface area contributed by atoms with Gasteiger partial charge in [-0.25, -0.2) is 14.8 Å². The SMILES string of the molecule is CCOC(=O)c1cnc2c(ncn2Cc2ccc(OC)c(OC)c2)c1N[C@H]1[C@@H]2CC3C[C@H]1C[C@@](O)(C3)C2. The fourth-order valence-corrected chi connectivity index (χ4v) is 7.19. The first-order valence-corrected chi connectivity index (χ1v) is 13.1.